The molecule has 0 spiro atoms. The zero-order valence-electron chi connectivity index (χ0n) is 8.45. The second kappa shape index (κ2) is 4.26. The Bertz CT molecular complexity index is 352. The van der Waals surface area contributed by atoms with Crippen LogP contribution in [0.3, 0.4) is 0 Å². The van der Waals surface area contributed by atoms with E-state index in [0.29, 0.717) is 18.3 Å². The summed E-state index contributed by atoms with van der Waals surface area (Å²) in [4.78, 5) is 16.7. The smallest absolute Gasteiger partial charge is 0.242 e. The van der Waals surface area contributed by atoms with Crippen molar-refractivity contribution in [2.24, 2.45) is 5.73 Å². The zero-order chi connectivity index (χ0) is 10.8. The fourth-order valence-electron chi connectivity index (χ4n) is 1.30. The maximum atomic E-state index is 11.3. The van der Waals surface area contributed by atoms with Gasteiger partial charge in [-0.05, 0) is 6.92 Å². The van der Waals surface area contributed by atoms with E-state index in [2.05, 4.69) is 10.3 Å². The number of hydrogen-bond donors (Lipinski definition) is 2. The van der Waals surface area contributed by atoms with E-state index in [9.17, 15) is 4.79 Å². The molecule has 2 heterocycles. The van der Waals surface area contributed by atoms with Gasteiger partial charge in [0, 0.05) is 6.42 Å². The van der Waals surface area contributed by atoms with Gasteiger partial charge in [0.05, 0.1) is 29.8 Å². The predicted molar refractivity (Wildman–Crippen MR) is 57.8 cm³/mol. The molecule has 2 rings (SSSR count). The van der Waals surface area contributed by atoms with E-state index in [-0.39, 0.29) is 5.91 Å². The predicted octanol–water partition coefficient (Wildman–Crippen LogP) is 0.501. The van der Waals surface area contributed by atoms with Gasteiger partial charge in [-0.15, -0.1) is 0 Å². The van der Waals surface area contributed by atoms with Gasteiger partial charge in [-0.3, -0.25) is 4.79 Å². The molecule has 6 heteroatoms. The van der Waals surface area contributed by atoms with E-state index in [1.807, 2.05) is 0 Å². The monoisotopic (exact) mass is 227 g/mol. The number of ether oxygens (including phenoxy) is 1. The summed E-state index contributed by atoms with van der Waals surface area (Å²) in [6.07, 6.45) is 0.819. The minimum Gasteiger partial charge on any atom is -0.375 e. The van der Waals surface area contributed by atoms with Crippen molar-refractivity contribution in [2.45, 2.75) is 26.0 Å². The van der Waals surface area contributed by atoms with Gasteiger partial charge in [-0.2, -0.15) is 0 Å². The number of anilines is 1. The summed E-state index contributed by atoms with van der Waals surface area (Å²) in [6, 6.07) is -0.512. The number of nitrogens with one attached hydrogen (secondary N) is 1. The highest BCUT2D eigenvalue weighted by molar-refractivity contribution is 7.15. The number of amides is 1. The van der Waals surface area contributed by atoms with Crippen molar-refractivity contribution < 1.29 is 9.53 Å². The lowest BCUT2D eigenvalue weighted by atomic mass is 10.2. The average Bonchev–Trinajstić information content (AvgIpc) is 2.59. The van der Waals surface area contributed by atoms with E-state index >= 15 is 0 Å². The summed E-state index contributed by atoms with van der Waals surface area (Å²) in [5.41, 5.74) is 6.48. The van der Waals surface area contributed by atoms with Gasteiger partial charge < -0.3 is 15.8 Å². The highest BCUT2D eigenvalue weighted by Gasteiger charge is 2.17. The molecule has 5 nitrogen and oxygen atoms in total. The van der Waals surface area contributed by atoms with Crippen LogP contribution in [0.5, 0.6) is 0 Å². The van der Waals surface area contributed by atoms with Crippen LogP contribution < -0.4 is 11.1 Å². The van der Waals surface area contributed by atoms with Crippen molar-refractivity contribution in [3.63, 3.8) is 0 Å². The van der Waals surface area contributed by atoms with Crippen LogP contribution in [-0.2, 0) is 22.6 Å². The first-order valence-electron chi connectivity index (χ1n) is 4.79. The van der Waals surface area contributed by atoms with Crippen LogP contribution in [-0.4, -0.2) is 23.5 Å². The summed E-state index contributed by atoms with van der Waals surface area (Å²) in [5, 5.41) is 3.30. The Balaban J connectivity index is 2.09. The molecular formula is C9H13N3O2S. The lowest BCUT2D eigenvalue weighted by Crippen LogP contribution is -2.32. The molecule has 0 saturated carbocycles. The fraction of sp³-hybridized carbons (Fsp3) is 0.556. The number of rotatable bonds is 2. The van der Waals surface area contributed by atoms with Gasteiger partial charge in [0.25, 0.3) is 0 Å². The molecule has 1 aliphatic rings. The summed E-state index contributed by atoms with van der Waals surface area (Å²) in [7, 11) is 0. The van der Waals surface area contributed by atoms with Gasteiger partial charge in [-0.1, -0.05) is 11.3 Å². The highest BCUT2D eigenvalue weighted by Crippen LogP contribution is 2.26. The normalized spacial score (nSPS) is 16.9. The summed E-state index contributed by atoms with van der Waals surface area (Å²) in [5.74, 6) is -0.206. The third-order valence-electron chi connectivity index (χ3n) is 2.14. The SMILES string of the molecule is C[C@H](N)C(=O)Nc1nc2c(s1)COCC2. The lowest BCUT2D eigenvalue weighted by molar-refractivity contribution is -0.117. The molecule has 1 amide bonds. The second-order valence-electron chi connectivity index (χ2n) is 3.47. The molecule has 0 saturated heterocycles. The molecule has 15 heavy (non-hydrogen) atoms. The van der Waals surface area contributed by atoms with Crippen molar-refractivity contribution in [3.05, 3.63) is 10.6 Å². The molecule has 0 aliphatic carbocycles. The number of hydrogen-bond acceptors (Lipinski definition) is 5. The number of nitrogens with two attached hydrogens (primary N) is 1. The molecule has 1 aliphatic heterocycles. The van der Waals surface area contributed by atoms with E-state index in [0.717, 1.165) is 17.0 Å². The van der Waals surface area contributed by atoms with E-state index in [1.54, 1.807) is 6.92 Å². The number of carbonyl (C=O) groups excluding carboxylic acids is 1. The molecule has 3 N–H and O–H groups in total. The minimum absolute atomic E-state index is 0.206. The van der Waals surface area contributed by atoms with Gasteiger partial charge in [0.15, 0.2) is 5.13 Å². The quantitative estimate of drug-likeness (QED) is 0.771. The minimum atomic E-state index is -0.512. The Hall–Kier alpha value is -0.980. The Morgan fingerprint density at radius 3 is 3.20 bits per heavy atom. The molecule has 1 aromatic heterocycles. The summed E-state index contributed by atoms with van der Waals surface area (Å²) in [6.45, 7) is 2.95. The van der Waals surface area contributed by atoms with Crippen LogP contribution in [0.2, 0.25) is 0 Å². The molecule has 1 atom stereocenters. The number of aromatic nitrogens is 1. The van der Waals surface area contributed by atoms with Crippen LogP contribution in [0.25, 0.3) is 0 Å². The van der Waals surface area contributed by atoms with Crippen LogP contribution in [0.15, 0.2) is 0 Å². The maximum absolute atomic E-state index is 11.3. The number of carbonyl (C=O) groups is 1. The number of thiazole rings is 1. The average molecular weight is 227 g/mol. The first-order chi connectivity index (χ1) is 7.16. The van der Waals surface area contributed by atoms with Crippen molar-refractivity contribution in [2.75, 3.05) is 11.9 Å². The standard InChI is InChI=1S/C9H13N3O2S/c1-5(10)8(13)12-9-11-6-2-3-14-4-7(6)15-9/h5H,2-4,10H2,1H3,(H,11,12,13)/t5-/m0/s1. The third-order valence-corrected chi connectivity index (χ3v) is 3.12. The van der Waals surface area contributed by atoms with Crippen molar-refractivity contribution in [1.29, 1.82) is 0 Å². The zero-order valence-corrected chi connectivity index (χ0v) is 9.26. The van der Waals surface area contributed by atoms with E-state index < -0.39 is 6.04 Å². The largest absolute Gasteiger partial charge is 0.375 e. The van der Waals surface area contributed by atoms with Crippen molar-refractivity contribution in [1.82, 2.24) is 4.98 Å². The maximum Gasteiger partial charge on any atom is 0.242 e. The molecule has 1 aromatic rings. The fourth-order valence-corrected chi connectivity index (χ4v) is 2.25. The van der Waals surface area contributed by atoms with E-state index in [4.69, 9.17) is 10.5 Å². The van der Waals surface area contributed by atoms with Gasteiger partial charge in [-0.25, -0.2) is 4.98 Å². The molecule has 82 valence electrons. The first kappa shape index (κ1) is 10.5. The van der Waals surface area contributed by atoms with Crippen LogP contribution in [0, 0.1) is 0 Å². The molecule has 0 unspecified atom stereocenters. The third kappa shape index (κ3) is 2.34. The molecular weight excluding hydrogens is 214 g/mol. The molecule has 0 radical (unpaired) electrons. The Morgan fingerprint density at radius 2 is 2.53 bits per heavy atom. The van der Waals surface area contributed by atoms with Gasteiger partial charge >= 0.3 is 0 Å². The number of fused-ring (bicyclic) bond motifs is 1. The summed E-state index contributed by atoms with van der Waals surface area (Å²) >= 11 is 1.46. The summed E-state index contributed by atoms with van der Waals surface area (Å²) < 4.78 is 5.29. The molecule has 0 fully saturated rings. The van der Waals surface area contributed by atoms with Crippen LogP contribution in [0.4, 0.5) is 5.13 Å². The molecule has 0 bridgehead atoms. The highest BCUT2D eigenvalue weighted by atomic mass is 32.1. The molecule has 0 aromatic carbocycles. The van der Waals surface area contributed by atoms with Crippen LogP contribution in [0.1, 0.15) is 17.5 Å². The van der Waals surface area contributed by atoms with Crippen LogP contribution >= 0.6 is 11.3 Å². The Morgan fingerprint density at radius 1 is 1.73 bits per heavy atom. The lowest BCUT2D eigenvalue weighted by Gasteiger charge is -2.08. The van der Waals surface area contributed by atoms with Crippen molar-refractivity contribution in [3.8, 4) is 0 Å². The second-order valence-corrected chi connectivity index (χ2v) is 4.55. The topological polar surface area (TPSA) is 77.2 Å². The van der Waals surface area contributed by atoms with Gasteiger partial charge in [0.1, 0.15) is 0 Å². The Kier molecular flexibility index (Phi) is 2.99. The first-order valence-corrected chi connectivity index (χ1v) is 5.61. The Labute approximate surface area is 91.6 Å². The van der Waals surface area contributed by atoms with Gasteiger partial charge in [0.2, 0.25) is 5.91 Å². The van der Waals surface area contributed by atoms with Crippen molar-refractivity contribution >= 4 is 22.4 Å². The number of nitrogens with zero attached hydrogens (tertiary/aromatic N) is 1. The van der Waals surface area contributed by atoms with E-state index in [1.165, 1.54) is 11.3 Å².